The highest BCUT2D eigenvalue weighted by Gasteiger charge is 2.31. The lowest BCUT2D eigenvalue weighted by molar-refractivity contribution is -0.114. The van der Waals surface area contributed by atoms with Crippen LogP contribution in [-0.2, 0) is 4.79 Å². The second kappa shape index (κ2) is 9.94. The van der Waals surface area contributed by atoms with Crippen LogP contribution in [0.4, 0.5) is 5.69 Å². The molecule has 0 fully saturated rings. The summed E-state index contributed by atoms with van der Waals surface area (Å²) in [5.74, 6) is 1.65. The van der Waals surface area contributed by atoms with E-state index in [1.807, 2.05) is 72.8 Å². The predicted molar refractivity (Wildman–Crippen MR) is 131 cm³/mol. The fraction of sp³-hybridized carbons (Fsp3) is 0.120. The van der Waals surface area contributed by atoms with Gasteiger partial charge in [-0.15, -0.1) is 11.8 Å². The maximum absolute atomic E-state index is 13.4. The van der Waals surface area contributed by atoms with E-state index in [9.17, 15) is 4.79 Å². The number of hydrazone groups is 1. The van der Waals surface area contributed by atoms with E-state index in [0.29, 0.717) is 33.6 Å². The van der Waals surface area contributed by atoms with Gasteiger partial charge in [0.1, 0.15) is 11.5 Å². The molecule has 5 nitrogen and oxygen atoms in total. The molecule has 3 aromatic carbocycles. The van der Waals surface area contributed by atoms with E-state index >= 15 is 0 Å². The normalized spacial score (nSPS) is 14.6. The minimum atomic E-state index is -0.180. The number of ether oxygens (including phenoxy) is 2. The van der Waals surface area contributed by atoms with Gasteiger partial charge in [0.15, 0.2) is 0 Å². The molecule has 1 aliphatic heterocycles. The summed E-state index contributed by atoms with van der Waals surface area (Å²) in [6.45, 7) is 0. The lowest BCUT2D eigenvalue weighted by atomic mass is 10.1. The number of nitrogens with zero attached hydrogens (tertiary/aromatic N) is 2. The third-order valence-corrected chi connectivity index (χ3v) is 6.16. The zero-order valence-electron chi connectivity index (χ0n) is 17.6. The van der Waals surface area contributed by atoms with E-state index in [2.05, 4.69) is 5.10 Å². The van der Waals surface area contributed by atoms with E-state index in [4.69, 9.17) is 21.1 Å². The second-order valence-electron chi connectivity index (χ2n) is 6.91. The molecule has 4 rings (SSSR count). The first-order valence-electron chi connectivity index (χ1n) is 9.88. The third kappa shape index (κ3) is 4.82. The highest BCUT2D eigenvalue weighted by Crippen LogP contribution is 2.32. The van der Waals surface area contributed by atoms with Crippen molar-refractivity contribution in [2.45, 2.75) is 4.90 Å². The summed E-state index contributed by atoms with van der Waals surface area (Å²) in [4.78, 5) is 14.4. The quantitative estimate of drug-likeness (QED) is 0.321. The van der Waals surface area contributed by atoms with E-state index in [1.165, 1.54) is 5.01 Å². The van der Waals surface area contributed by atoms with Crippen molar-refractivity contribution in [2.75, 3.05) is 25.0 Å². The van der Waals surface area contributed by atoms with E-state index in [0.717, 1.165) is 16.1 Å². The molecule has 3 aromatic rings. The Bertz CT molecular complexity index is 1180. The second-order valence-corrected chi connectivity index (χ2v) is 8.39. The average Bonchev–Trinajstić information content (AvgIpc) is 3.14. The highest BCUT2D eigenvalue weighted by molar-refractivity contribution is 8.00. The number of benzene rings is 3. The van der Waals surface area contributed by atoms with Crippen LogP contribution in [0.25, 0.3) is 6.08 Å². The fourth-order valence-corrected chi connectivity index (χ4v) is 4.20. The number of hydrogen-bond donors (Lipinski definition) is 0. The molecule has 162 valence electrons. The van der Waals surface area contributed by atoms with Gasteiger partial charge < -0.3 is 9.47 Å². The van der Waals surface area contributed by atoms with Crippen LogP contribution in [-0.4, -0.2) is 31.6 Å². The van der Waals surface area contributed by atoms with Crippen molar-refractivity contribution >= 4 is 46.7 Å². The number of carbonyl (C=O) groups excluding carboxylic acids is 1. The number of carbonyl (C=O) groups is 1. The van der Waals surface area contributed by atoms with Crippen molar-refractivity contribution in [3.05, 3.63) is 89.0 Å². The zero-order valence-corrected chi connectivity index (χ0v) is 19.2. The molecule has 0 spiro atoms. The van der Waals surface area contributed by atoms with Gasteiger partial charge in [-0.05, 0) is 54.6 Å². The molecule has 0 aliphatic carbocycles. The lowest BCUT2D eigenvalue weighted by Crippen LogP contribution is -2.21. The molecule has 7 heteroatoms. The summed E-state index contributed by atoms with van der Waals surface area (Å²) < 4.78 is 10.8. The van der Waals surface area contributed by atoms with Crippen molar-refractivity contribution < 1.29 is 14.3 Å². The van der Waals surface area contributed by atoms with Gasteiger partial charge in [0.25, 0.3) is 5.91 Å². The van der Waals surface area contributed by atoms with Gasteiger partial charge in [-0.1, -0.05) is 29.8 Å². The minimum absolute atomic E-state index is 0.180. The number of anilines is 1. The lowest BCUT2D eigenvalue weighted by Gasteiger charge is -2.11. The summed E-state index contributed by atoms with van der Waals surface area (Å²) in [6.07, 6.45) is 1.82. The van der Waals surface area contributed by atoms with Gasteiger partial charge in [0.05, 0.1) is 31.2 Å². The number of methoxy groups -OCH3 is 2. The van der Waals surface area contributed by atoms with E-state index in [-0.39, 0.29) is 5.91 Å². The summed E-state index contributed by atoms with van der Waals surface area (Å²) >= 11 is 7.59. The van der Waals surface area contributed by atoms with E-state index in [1.54, 1.807) is 32.0 Å². The van der Waals surface area contributed by atoms with Gasteiger partial charge >= 0.3 is 0 Å². The molecule has 32 heavy (non-hydrogen) atoms. The molecule has 0 bridgehead atoms. The van der Waals surface area contributed by atoms with Gasteiger partial charge in [0.2, 0.25) is 0 Å². The van der Waals surface area contributed by atoms with Crippen LogP contribution in [0.1, 0.15) is 5.56 Å². The van der Waals surface area contributed by atoms with Crippen molar-refractivity contribution in [3.63, 3.8) is 0 Å². The molecule has 0 aromatic heterocycles. The number of para-hydroxylation sites is 1. The topological polar surface area (TPSA) is 51.1 Å². The minimum Gasteiger partial charge on any atom is -0.497 e. The number of halogens is 1. The molecule has 0 saturated heterocycles. The molecule has 0 atom stereocenters. The predicted octanol–water partition coefficient (Wildman–Crippen LogP) is 5.94. The number of thioether (sulfide) groups is 1. The van der Waals surface area contributed by atoms with Crippen molar-refractivity contribution in [3.8, 4) is 11.5 Å². The maximum Gasteiger partial charge on any atom is 0.280 e. The standard InChI is InChI=1S/C25H21ClN2O3S/c1-30-20-11-8-17(24(15-20)31-2)14-22-23(16-32-21-12-9-18(26)10-13-21)27-28(25(22)29)19-6-4-3-5-7-19/h3-15H,16H2,1-2H3. The highest BCUT2D eigenvalue weighted by atomic mass is 35.5. The molecular weight excluding hydrogens is 444 g/mol. The third-order valence-electron chi connectivity index (χ3n) is 4.88. The average molecular weight is 465 g/mol. The molecule has 0 N–H and O–H groups in total. The number of rotatable bonds is 7. The Kier molecular flexibility index (Phi) is 6.83. The SMILES string of the molecule is COc1ccc(C=C2C(=O)N(c3ccccc3)N=C2CSc2ccc(Cl)cc2)c(OC)c1. The summed E-state index contributed by atoms with van der Waals surface area (Å²) in [7, 11) is 3.19. The van der Waals surface area contributed by atoms with Crippen LogP contribution in [0.15, 0.2) is 88.4 Å². The van der Waals surface area contributed by atoms with Gasteiger partial charge in [0, 0.05) is 27.3 Å². The van der Waals surface area contributed by atoms with Crippen LogP contribution in [0, 0.1) is 0 Å². The molecule has 1 heterocycles. The summed E-state index contributed by atoms with van der Waals surface area (Å²) in [5.41, 5.74) is 2.71. The Morgan fingerprint density at radius 2 is 1.75 bits per heavy atom. The Morgan fingerprint density at radius 3 is 2.44 bits per heavy atom. The van der Waals surface area contributed by atoms with Gasteiger partial charge in [-0.2, -0.15) is 10.1 Å². The molecular formula is C25H21ClN2O3S. The Balaban J connectivity index is 1.69. The van der Waals surface area contributed by atoms with Crippen LogP contribution >= 0.6 is 23.4 Å². The van der Waals surface area contributed by atoms with Crippen molar-refractivity contribution in [1.29, 1.82) is 0 Å². The van der Waals surface area contributed by atoms with Gasteiger partial charge in [-0.25, -0.2) is 0 Å². The van der Waals surface area contributed by atoms with Crippen LogP contribution in [0.2, 0.25) is 5.02 Å². The van der Waals surface area contributed by atoms with Crippen LogP contribution in [0.3, 0.4) is 0 Å². The maximum atomic E-state index is 13.4. The molecule has 0 saturated carbocycles. The number of hydrogen-bond acceptors (Lipinski definition) is 5. The monoisotopic (exact) mass is 464 g/mol. The molecule has 1 amide bonds. The summed E-state index contributed by atoms with van der Waals surface area (Å²) in [6, 6.07) is 22.5. The van der Waals surface area contributed by atoms with E-state index < -0.39 is 0 Å². The first kappa shape index (κ1) is 22.0. The first-order valence-corrected chi connectivity index (χ1v) is 11.2. The molecule has 0 radical (unpaired) electrons. The van der Waals surface area contributed by atoms with Crippen LogP contribution in [0.5, 0.6) is 11.5 Å². The summed E-state index contributed by atoms with van der Waals surface area (Å²) in [5, 5.41) is 6.79. The van der Waals surface area contributed by atoms with Crippen molar-refractivity contribution in [2.24, 2.45) is 5.10 Å². The zero-order chi connectivity index (χ0) is 22.5. The Morgan fingerprint density at radius 1 is 1.00 bits per heavy atom. The smallest absolute Gasteiger partial charge is 0.280 e. The number of amides is 1. The fourth-order valence-electron chi connectivity index (χ4n) is 3.23. The molecule has 1 aliphatic rings. The largest absolute Gasteiger partial charge is 0.497 e. The molecule has 0 unspecified atom stereocenters. The first-order chi connectivity index (χ1) is 15.6. The van der Waals surface area contributed by atoms with Gasteiger partial charge in [-0.3, -0.25) is 4.79 Å². The Labute approximate surface area is 196 Å². The Hall–Kier alpha value is -3.22. The van der Waals surface area contributed by atoms with Crippen molar-refractivity contribution in [1.82, 2.24) is 0 Å². The van der Waals surface area contributed by atoms with Crippen LogP contribution < -0.4 is 14.5 Å².